The second kappa shape index (κ2) is 9.65. The second-order valence-corrected chi connectivity index (χ2v) is 7.59. The fourth-order valence-corrected chi connectivity index (χ4v) is 3.47. The standard InChI is InChI=1S/C21H30N4O2/c1-16-10-12-25(13-11-16)15-19-7-4-3-6-18(19)14-22-20(26)8-5-9-21-23-17(2)24-27-21/h3-4,6-7,16H,5,8-15H2,1-2H3,(H,22,26). The zero-order chi connectivity index (χ0) is 19.1. The molecule has 1 fully saturated rings. The second-order valence-electron chi connectivity index (χ2n) is 7.59. The van der Waals surface area contributed by atoms with Gasteiger partial charge in [-0.3, -0.25) is 9.69 Å². The Kier molecular flexibility index (Phi) is 6.98. The highest BCUT2D eigenvalue weighted by atomic mass is 16.5. The minimum Gasteiger partial charge on any atom is -0.352 e. The lowest BCUT2D eigenvalue weighted by Crippen LogP contribution is -2.33. The van der Waals surface area contributed by atoms with Gasteiger partial charge in [-0.15, -0.1) is 0 Å². The molecule has 0 unspecified atom stereocenters. The van der Waals surface area contributed by atoms with Crippen LogP contribution >= 0.6 is 0 Å². The zero-order valence-corrected chi connectivity index (χ0v) is 16.4. The van der Waals surface area contributed by atoms with E-state index in [1.54, 1.807) is 6.92 Å². The summed E-state index contributed by atoms with van der Waals surface area (Å²) in [6, 6.07) is 8.42. The van der Waals surface area contributed by atoms with Gasteiger partial charge in [0.15, 0.2) is 5.82 Å². The van der Waals surface area contributed by atoms with Gasteiger partial charge in [0.2, 0.25) is 11.8 Å². The molecule has 1 aromatic carbocycles. The van der Waals surface area contributed by atoms with Gasteiger partial charge in [-0.2, -0.15) is 4.98 Å². The molecular formula is C21H30N4O2. The molecule has 2 aromatic rings. The van der Waals surface area contributed by atoms with Crippen molar-refractivity contribution >= 4 is 5.91 Å². The summed E-state index contributed by atoms with van der Waals surface area (Å²) >= 11 is 0. The third-order valence-corrected chi connectivity index (χ3v) is 5.23. The van der Waals surface area contributed by atoms with Gasteiger partial charge < -0.3 is 9.84 Å². The van der Waals surface area contributed by atoms with Gasteiger partial charge in [-0.05, 0) is 56.3 Å². The summed E-state index contributed by atoms with van der Waals surface area (Å²) < 4.78 is 5.07. The largest absolute Gasteiger partial charge is 0.352 e. The third-order valence-electron chi connectivity index (χ3n) is 5.23. The molecule has 0 radical (unpaired) electrons. The van der Waals surface area contributed by atoms with E-state index >= 15 is 0 Å². The first-order chi connectivity index (χ1) is 13.1. The average molecular weight is 370 g/mol. The van der Waals surface area contributed by atoms with E-state index in [0.717, 1.165) is 25.6 Å². The van der Waals surface area contributed by atoms with E-state index in [1.165, 1.54) is 24.0 Å². The molecule has 1 amide bonds. The molecule has 146 valence electrons. The van der Waals surface area contributed by atoms with E-state index in [-0.39, 0.29) is 5.91 Å². The molecule has 1 N–H and O–H groups in total. The molecule has 0 spiro atoms. The highest BCUT2D eigenvalue weighted by Gasteiger charge is 2.16. The Hall–Kier alpha value is -2.21. The summed E-state index contributed by atoms with van der Waals surface area (Å²) in [6.45, 7) is 8.00. The van der Waals surface area contributed by atoms with Crippen LogP contribution < -0.4 is 5.32 Å². The molecule has 3 rings (SSSR count). The average Bonchev–Trinajstić information content (AvgIpc) is 3.08. The number of hydrogen-bond donors (Lipinski definition) is 1. The van der Waals surface area contributed by atoms with E-state index in [1.807, 2.05) is 6.07 Å². The van der Waals surface area contributed by atoms with Crippen LogP contribution in [-0.4, -0.2) is 34.0 Å². The van der Waals surface area contributed by atoms with E-state index in [2.05, 4.69) is 45.5 Å². The smallest absolute Gasteiger partial charge is 0.226 e. The van der Waals surface area contributed by atoms with Crippen LogP contribution in [0.2, 0.25) is 0 Å². The Morgan fingerprint density at radius 3 is 2.70 bits per heavy atom. The number of nitrogens with zero attached hydrogens (tertiary/aromatic N) is 3. The van der Waals surface area contributed by atoms with Gasteiger partial charge in [0.25, 0.3) is 0 Å². The van der Waals surface area contributed by atoms with Crippen molar-refractivity contribution in [1.29, 1.82) is 0 Å². The number of aromatic nitrogens is 2. The van der Waals surface area contributed by atoms with Crippen LogP contribution in [0.4, 0.5) is 0 Å². The summed E-state index contributed by atoms with van der Waals surface area (Å²) in [5, 5.41) is 6.81. The number of carbonyl (C=O) groups is 1. The Morgan fingerprint density at radius 2 is 2.00 bits per heavy atom. The van der Waals surface area contributed by atoms with E-state index < -0.39 is 0 Å². The molecule has 0 bridgehead atoms. The van der Waals surface area contributed by atoms with Crippen molar-refractivity contribution in [2.75, 3.05) is 13.1 Å². The first-order valence-electron chi connectivity index (χ1n) is 9.95. The van der Waals surface area contributed by atoms with Crippen molar-refractivity contribution < 1.29 is 9.32 Å². The number of amides is 1. The minimum atomic E-state index is 0.0628. The van der Waals surface area contributed by atoms with Crippen LogP contribution in [0.15, 0.2) is 28.8 Å². The van der Waals surface area contributed by atoms with Crippen molar-refractivity contribution in [3.8, 4) is 0 Å². The Labute approximate surface area is 161 Å². The number of likely N-dealkylation sites (tertiary alicyclic amines) is 1. The number of rotatable bonds is 8. The highest BCUT2D eigenvalue weighted by molar-refractivity contribution is 5.75. The van der Waals surface area contributed by atoms with Crippen molar-refractivity contribution in [1.82, 2.24) is 20.4 Å². The van der Waals surface area contributed by atoms with Gasteiger partial charge in [0.1, 0.15) is 0 Å². The first-order valence-corrected chi connectivity index (χ1v) is 9.95. The van der Waals surface area contributed by atoms with Crippen LogP contribution in [0.3, 0.4) is 0 Å². The summed E-state index contributed by atoms with van der Waals surface area (Å²) in [6.07, 6.45) is 4.36. The third kappa shape index (κ3) is 6.17. The lowest BCUT2D eigenvalue weighted by molar-refractivity contribution is -0.121. The molecule has 0 saturated carbocycles. The summed E-state index contributed by atoms with van der Waals surface area (Å²) in [5.74, 6) is 2.13. The fourth-order valence-electron chi connectivity index (χ4n) is 3.47. The molecule has 2 heterocycles. The van der Waals surface area contributed by atoms with Crippen molar-refractivity contribution in [2.45, 2.75) is 59.0 Å². The number of hydrogen-bond acceptors (Lipinski definition) is 5. The van der Waals surface area contributed by atoms with Crippen LogP contribution in [0.1, 0.15) is 55.4 Å². The molecule has 1 saturated heterocycles. The predicted molar refractivity (Wildman–Crippen MR) is 104 cm³/mol. The maximum Gasteiger partial charge on any atom is 0.226 e. The van der Waals surface area contributed by atoms with Gasteiger partial charge >= 0.3 is 0 Å². The van der Waals surface area contributed by atoms with Crippen molar-refractivity contribution in [3.63, 3.8) is 0 Å². The van der Waals surface area contributed by atoms with Crippen molar-refractivity contribution in [3.05, 3.63) is 47.1 Å². The molecule has 1 aliphatic rings. The lowest BCUT2D eigenvalue weighted by Gasteiger charge is -2.30. The van der Waals surface area contributed by atoms with Gasteiger partial charge in [0, 0.05) is 25.9 Å². The topological polar surface area (TPSA) is 71.3 Å². The molecule has 0 atom stereocenters. The SMILES string of the molecule is Cc1noc(CCCC(=O)NCc2ccccc2CN2CCC(C)CC2)n1. The Morgan fingerprint density at radius 1 is 1.26 bits per heavy atom. The highest BCUT2D eigenvalue weighted by Crippen LogP contribution is 2.19. The molecule has 1 aliphatic heterocycles. The van der Waals surface area contributed by atoms with Crippen LogP contribution in [0.25, 0.3) is 0 Å². The Balaban J connectivity index is 1.44. The van der Waals surface area contributed by atoms with Crippen LogP contribution in [-0.2, 0) is 24.3 Å². The fraction of sp³-hybridized carbons (Fsp3) is 0.571. The number of nitrogens with one attached hydrogen (secondary N) is 1. The number of benzene rings is 1. The summed E-state index contributed by atoms with van der Waals surface area (Å²) in [4.78, 5) is 18.8. The van der Waals surface area contributed by atoms with E-state index in [4.69, 9.17) is 4.52 Å². The maximum atomic E-state index is 12.2. The molecule has 1 aromatic heterocycles. The minimum absolute atomic E-state index is 0.0628. The zero-order valence-electron chi connectivity index (χ0n) is 16.4. The lowest BCUT2D eigenvalue weighted by atomic mass is 9.98. The van der Waals surface area contributed by atoms with Crippen LogP contribution in [0.5, 0.6) is 0 Å². The van der Waals surface area contributed by atoms with Gasteiger partial charge in [0.05, 0.1) is 0 Å². The Bertz CT molecular complexity index is 735. The first kappa shape index (κ1) is 19.5. The maximum absolute atomic E-state index is 12.2. The summed E-state index contributed by atoms with van der Waals surface area (Å²) in [7, 11) is 0. The molecule has 0 aliphatic carbocycles. The van der Waals surface area contributed by atoms with Crippen molar-refractivity contribution in [2.24, 2.45) is 5.92 Å². The van der Waals surface area contributed by atoms with Gasteiger partial charge in [-0.1, -0.05) is 36.3 Å². The molecule has 6 nitrogen and oxygen atoms in total. The number of aryl methyl sites for hydroxylation is 2. The quantitative estimate of drug-likeness (QED) is 0.772. The van der Waals surface area contributed by atoms with E-state index in [0.29, 0.717) is 37.5 Å². The number of piperidine rings is 1. The number of carbonyl (C=O) groups excluding carboxylic acids is 1. The molecule has 27 heavy (non-hydrogen) atoms. The molecular weight excluding hydrogens is 340 g/mol. The predicted octanol–water partition coefficient (Wildman–Crippen LogP) is 3.25. The van der Waals surface area contributed by atoms with E-state index in [9.17, 15) is 4.79 Å². The van der Waals surface area contributed by atoms with Gasteiger partial charge in [-0.25, -0.2) is 0 Å². The monoisotopic (exact) mass is 370 g/mol. The van der Waals surface area contributed by atoms with Crippen LogP contribution in [0, 0.1) is 12.8 Å². The molecule has 6 heteroatoms. The summed E-state index contributed by atoms with van der Waals surface area (Å²) in [5.41, 5.74) is 2.52. The normalized spacial score (nSPS) is 15.8.